The predicted octanol–water partition coefficient (Wildman–Crippen LogP) is 2.70. The average molecular weight is 258 g/mol. The molecule has 0 heterocycles. The van der Waals surface area contributed by atoms with Crippen LogP contribution in [0.4, 0.5) is 17.9 Å². The largest absolute Gasteiger partial charge is 0.478 e. The fraction of sp³-hybridized carbons (Fsp3) is 0.667. The van der Waals surface area contributed by atoms with E-state index in [2.05, 4.69) is 0 Å². The highest BCUT2D eigenvalue weighted by atomic mass is 19.4. The Balaban J connectivity index is 5.19. The molecule has 17 heavy (non-hydrogen) atoms. The van der Waals surface area contributed by atoms with Gasteiger partial charge in [-0.05, 0) is 18.9 Å². The Bertz CT molecular complexity index is 284. The highest BCUT2D eigenvalue weighted by Gasteiger charge is 2.28. The first-order chi connectivity index (χ1) is 7.84. The number of hydrogen-bond donors (Lipinski definition) is 1. The fourth-order valence-electron chi connectivity index (χ4n) is 1.31. The smallest absolute Gasteiger partial charge is 0.333 e. The van der Waals surface area contributed by atoms with Crippen molar-refractivity contribution >= 4 is 5.97 Å². The second-order valence-electron chi connectivity index (χ2n) is 3.34. The summed E-state index contributed by atoms with van der Waals surface area (Å²) >= 11 is 0. The highest BCUT2D eigenvalue weighted by Crippen LogP contribution is 2.19. The molecule has 0 aromatic rings. The fourth-order valence-corrected chi connectivity index (χ4v) is 1.31. The molecule has 0 amide bonds. The zero-order chi connectivity index (χ0) is 13.6. The Morgan fingerprint density at radius 1 is 1.18 bits per heavy atom. The molecule has 0 radical (unpaired) electrons. The van der Waals surface area contributed by atoms with E-state index < -0.39 is 34.3 Å². The lowest BCUT2D eigenvalue weighted by atomic mass is 10.0. The van der Waals surface area contributed by atoms with E-state index in [0.29, 0.717) is 6.08 Å². The van der Waals surface area contributed by atoms with E-state index in [4.69, 9.17) is 5.11 Å². The number of nitrogens with zero attached hydrogens (tertiary/aromatic N) is 2. The monoisotopic (exact) mass is 258 g/mol. The first kappa shape index (κ1) is 15.9. The Hall–Kier alpha value is -1.15. The third-order valence-electron chi connectivity index (χ3n) is 2.27. The van der Waals surface area contributed by atoms with E-state index in [1.165, 1.54) is 13.8 Å². The van der Waals surface area contributed by atoms with E-state index in [-0.39, 0.29) is 12.8 Å². The quantitative estimate of drug-likeness (QED) is 0.433. The van der Waals surface area contributed by atoms with Gasteiger partial charge in [0.1, 0.15) is 6.04 Å². The zero-order valence-corrected chi connectivity index (χ0v) is 9.41. The number of rotatable bonds is 7. The lowest BCUT2D eigenvalue weighted by molar-refractivity contribution is -0.184. The van der Waals surface area contributed by atoms with Crippen LogP contribution >= 0.6 is 0 Å². The van der Waals surface area contributed by atoms with Crippen LogP contribution in [0.3, 0.4) is 0 Å². The summed E-state index contributed by atoms with van der Waals surface area (Å²) in [7, 11) is 0. The van der Waals surface area contributed by atoms with Gasteiger partial charge in [-0.1, -0.05) is 13.8 Å². The third kappa shape index (κ3) is 4.70. The number of carboxylic acids is 1. The molecular weight excluding hydrogens is 244 g/mol. The second-order valence-corrected chi connectivity index (χ2v) is 3.34. The van der Waals surface area contributed by atoms with Crippen LogP contribution in [-0.2, 0) is 4.79 Å². The third-order valence-corrected chi connectivity index (χ3v) is 2.27. The summed E-state index contributed by atoms with van der Waals surface area (Å²) in [5.41, 5.74) is -0.732. The molecule has 0 saturated carbocycles. The van der Waals surface area contributed by atoms with Crippen molar-refractivity contribution in [2.24, 2.45) is 0 Å². The van der Waals surface area contributed by atoms with Crippen LogP contribution in [0.15, 0.2) is 11.6 Å². The molecule has 1 N–H and O–H groups in total. The van der Waals surface area contributed by atoms with Gasteiger partial charge in [0.15, 0.2) is 0 Å². The van der Waals surface area contributed by atoms with Gasteiger partial charge in [-0.25, -0.2) is 4.79 Å². The molecule has 0 fully saturated rings. The molecular formula is C9H14F4N2O2. The molecule has 0 aliphatic heterocycles. The van der Waals surface area contributed by atoms with E-state index in [1.54, 1.807) is 0 Å². The lowest BCUT2D eigenvalue weighted by Crippen LogP contribution is -2.30. The summed E-state index contributed by atoms with van der Waals surface area (Å²) in [4.78, 5) is 10.8. The molecule has 0 saturated heterocycles. The minimum atomic E-state index is -1.69. The first-order valence-corrected chi connectivity index (χ1v) is 5.01. The van der Waals surface area contributed by atoms with Crippen LogP contribution in [0.5, 0.6) is 0 Å². The van der Waals surface area contributed by atoms with Gasteiger partial charge >= 0.3 is 5.97 Å². The summed E-state index contributed by atoms with van der Waals surface area (Å²) in [6, 6.07) is -3.18. The Morgan fingerprint density at radius 2 is 1.71 bits per heavy atom. The SMILES string of the molecule is CCC(/C=C(\C(=O)O)C(CC)N(F)F)N(F)F. The summed E-state index contributed by atoms with van der Waals surface area (Å²) in [6.45, 7) is 2.74. The van der Waals surface area contributed by atoms with Crippen molar-refractivity contribution in [2.75, 3.05) is 0 Å². The summed E-state index contributed by atoms with van der Waals surface area (Å²) in [5.74, 6) is -1.63. The summed E-state index contributed by atoms with van der Waals surface area (Å²) < 4.78 is 49.4. The molecule has 100 valence electrons. The van der Waals surface area contributed by atoms with Crippen molar-refractivity contribution in [3.05, 3.63) is 11.6 Å². The second kappa shape index (κ2) is 7.23. The van der Waals surface area contributed by atoms with Crippen molar-refractivity contribution < 1.29 is 27.8 Å². The van der Waals surface area contributed by atoms with Crippen LogP contribution in [0.2, 0.25) is 0 Å². The summed E-state index contributed by atoms with van der Waals surface area (Å²) in [5, 5.41) is 6.28. The van der Waals surface area contributed by atoms with Gasteiger partial charge in [-0.3, -0.25) is 0 Å². The van der Waals surface area contributed by atoms with Gasteiger partial charge in [0.25, 0.3) is 0 Å². The molecule has 0 aliphatic rings. The molecule has 0 rings (SSSR count). The van der Waals surface area contributed by atoms with Crippen molar-refractivity contribution in [2.45, 2.75) is 38.8 Å². The number of carboxylic acid groups (broad SMARTS) is 1. The molecule has 0 bridgehead atoms. The maximum absolute atomic E-state index is 12.4. The number of hydrogen-bond acceptors (Lipinski definition) is 3. The molecule has 0 aromatic heterocycles. The van der Waals surface area contributed by atoms with E-state index in [9.17, 15) is 22.7 Å². The minimum absolute atomic E-state index is 0.0845. The van der Waals surface area contributed by atoms with E-state index in [0.717, 1.165) is 0 Å². The van der Waals surface area contributed by atoms with Crippen molar-refractivity contribution in [3.8, 4) is 0 Å². The molecule has 2 unspecified atom stereocenters. The van der Waals surface area contributed by atoms with Gasteiger partial charge in [0, 0.05) is 10.7 Å². The Labute approximate surface area is 95.8 Å². The number of aliphatic carboxylic acids is 1. The Kier molecular flexibility index (Phi) is 6.74. The van der Waals surface area contributed by atoms with Gasteiger partial charge in [-0.2, -0.15) is 0 Å². The van der Waals surface area contributed by atoms with Crippen LogP contribution in [0.25, 0.3) is 0 Å². The normalized spacial score (nSPS) is 16.4. The maximum Gasteiger partial charge on any atom is 0.333 e. The van der Waals surface area contributed by atoms with Gasteiger partial charge in [0.2, 0.25) is 0 Å². The Morgan fingerprint density at radius 3 is 1.94 bits per heavy atom. The highest BCUT2D eigenvalue weighted by molar-refractivity contribution is 5.88. The van der Waals surface area contributed by atoms with Crippen molar-refractivity contribution in [3.63, 3.8) is 0 Å². The van der Waals surface area contributed by atoms with Gasteiger partial charge in [-0.15, -0.1) is 17.9 Å². The molecule has 4 nitrogen and oxygen atoms in total. The standard InChI is InChI=1S/C9H14F4N2O2/c1-3-6(14(10)11)5-7(9(16)17)8(4-2)15(12)13/h5-6,8H,3-4H2,1-2H3,(H,16,17)/b7-5-. The maximum atomic E-state index is 12.4. The van der Waals surface area contributed by atoms with E-state index >= 15 is 0 Å². The number of halogens is 4. The first-order valence-electron chi connectivity index (χ1n) is 5.01. The predicted molar refractivity (Wildman–Crippen MR) is 52.0 cm³/mol. The molecule has 0 spiro atoms. The van der Waals surface area contributed by atoms with Crippen molar-refractivity contribution in [1.29, 1.82) is 0 Å². The number of carbonyl (C=O) groups is 1. The topological polar surface area (TPSA) is 43.8 Å². The average Bonchev–Trinajstić information content (AvgIpc) is 2.22. The van der Waals surface area contributed by atoms with Crippen LogP contribution in [0.1, 0.15) is 26.7 Å². The molecule has 0 aliphatic carbocycles. The lowest BCUT2D eigenvalue weighted by Gasteiger charge is -2.18. The van der Waals surface area contributed by atoms with Crippen molar-refractivity contribution in [1.82, 2.24) is 10.7 Å². The zero-order valence-electron chi connectivity index (χ0n) is 9.41. The molecule has 0 aromatic carbocycles. The summed E-state index contributed by atoms with van der Waals surface area (Å²) in [6.07, 6.45) is 0.377. The molecule has 8 heteroatoms. The van der Waals surface area contributed by atoms with Crippen LogP contribution < -0.4 is 0 Å². The van der Waals surface area contributed by atoms with Gasteiger partial charge in [0.05, 0.1) is 11.6 Å². The van der Waals surface area contributed by atoms with Crippen LogP contribution in [-0.4, -0.2) is 33.8 Å². The van der Waals surface area contributed by atoms with E-state index in [1.807, 2.05) is 0 Å². The minimum Gasteiger partial charge on any atom is -0.478 e. The van der Waals surface area contributed by atoms with Gasteiger partial charge < -0.3 is 5.11 Å². The van der Waals surface area contributed by atoms with Crippen LogP contribution in [0, 0.1) is 0 Å². The molecule has 2 atom stereocenters.